The summed E-state index contributed by atoms with van der Waals surface area (Å²) in [6.07, 6.45) is 2.59. The highest BCUT2D eigenvalue weighted by molar-refractivity contribution is 5.31. The summed E-state index contributed by atoms with van der Waals surface area (Å²) in [4.78, 5) is 4.03. The lowest BCUT2D eigenvalue weighted by Gasteiger charge is -2.03. The van der Waals surface area contributed by atoms with Crippen molar-refractivity contribution in [1.29, 1.82) is 0 Å². The number of hydrogen-bond donors (Lipinski definition) is 1. The van der Waals surface area contributed by atoms with Gasteiger partial charge in [0, 0.05) is 6.07 Å². The molecule has 0 saturated heterocycles. The molecule has 1 aliphatic rings. The van der Waals surface area contributed by atoms with Gasteiger partial charge in [-0.15, -0.1) is 0 Å². The molecule has 1 heterocycles. The van der Waals surface area contributed by atoms with E-state index in [1.807, 2.05) is 26.0 Å². The summed E-state index contributed by atoms with van der Waals surface area (Å²) in [6.45, 7) is 4.79. The third kappa shape index (κ3) is 3.64. The maximum absolute atomic E-state index is 5.49. The molecule has 1 aromatic heterocycles. The van der Waals surface area contributed by atoms with Crippen molar-refractivity contribution in [2.45, 2.75) is 26.7 Å². The molecule has 3 heteroatoms. The van der Waals surface area contributed by atoms with Crippen LogP contribution in [-0.4, -0.2) is 11.6 Å². The predicted molar refractivity (Wildman–Crippen MR) is 58.2 cm³/mol. The Hall–Kier alpha value is -1.25. The van der Waals surface area contributed by atoms with Crippen molar-refractivity contribution in [1.82, 2.24) is 4.98 Å². The van der Waals surface area contributed by atoms with E-state index in [1.54, 1.807) is 6.07 Å². The minimum absolute atomic E-state index is 0.517. The summed E-state index contributed by atoms with van der Waals surface area (Å²) in [7, 11) is 0. The normalized spacial score (nSPS) is 14.1. The predicted octanol–water partition coefficient (Wildman–Crippen LogP) is 2.48. The SMILES string of the molecule is CC.Nc1cccc(OCC2CC2)n1. The van der Waals surface area contributed by atoms with Crippen LogP contribution < -0.4 is 10.5 Å². The fraction of sp³-hybridized carbons (Fsp3) is 0.545. The Kier molecular flexibility index (Phi) is 4.23. The van der Waals surface area contributed by atoms with Crippen molar-refractivity contribution in [3.8, 4) is 5.88 Å². The summed E-state index contributed by atoms with van der Waals surface area (Å²) >= 11 is 0. The van der Waals surface area contributed by atoms with E-state index in [1.165, 1.54) is 12.8 Å². The molecular weight excluding hydrogens is 176 g/mol. The summed E-state index contributed by atoms with van der Waals surface area (Å²) in [5.41, 5.74) is 5.49. The maximum Gasteiger partial charge on any atom is 0.215 e. The molecule has 1 aromatic rings. The number of nitrogens with two attached hydrogens (primary N) is 1. The minimum atomic E-state index is 0.517. The van der Waals surface area contributed by atoms with Gasteiger partial charge in [0.25, 0.3) is 0 Å². The van der Waals surface area contributed by atoms with Crippen LogP contribution in [0.5, 0.6) is 5.88 Å². The lowest BCUT2D eigenvalue weighted by Crippen LogP contribution is -2.01. The van der Waals surface area contributed by atoms with E-state index in [4.69, 9.17) is 10.5 Å². The van der Waals surface area contributed by atoms with Crippen molar-refractivity contribution in [3.05, 3.63) is 18.2 Å². The highest BCUT2D eigenvalue weighted by atomic mass is 16.5. The van der Waals surface area contributed by atoms with Crippen molar-refractivity contribution in [3.63, 3.8) is 0 Å². The van der Waals surface area contributed by atoms with E-state index in [0.29, 0.717) is 11.7 Å². The van der Waals surface area contributed by atoms with Crippen LogP contribution in [-0.2, 0) is 0 Å². The lowest BCUT2D eigenvalue weighted by molar-refractivity contribution is 0.289. The van der Waals surface area contributed by atoms with Gasteiger partial charge in [-0.25, -0.2) is 0 Å². The van der Waals surface area contributed by atoms with Crippen LogP contribution in [0.3, 0.4) is 0 Å². The summed E-state index contributed by atoms with van der Waals surface area (Å²) in [5, 5.41) is 0. The Morgan fingerprint density at radius 2 is 2.14 bits per heavy atom. The first kappa shape index (κ1) is 10.8. The number of nitrogens with zero attached hydrogens (tertiary/aromatic N) is 1. The molecule has 2 rings (SSSR count). The third-order valence-corrected chi connectivity index (χ3v) is 1.91. The van der Waals surface area contributed by atoms with Crippen LogP contribution in [0.25, 0.3) is 0 Å². The Morgan fingerprint density at radius 1 is 1.43 bits per heavy atom. The molecule has 1 aliphatic carbocycles. The van der Waals surface area contributed by atoms with Gasteiger partial charge < -0.3 is 10.5 Å². The van der Waals surface area contributed by atoms with E-state index >= 15 is 0 Å². The fourth-order valence-electron chi connectivity index (χ4n) is 0.999. The first-order valence-electron chi connectivity index (χ1n) is 5.20. The van der Waals surface area contributed by atoms with E-state index in [0.717, 1.165) is 12.5 Å². The number of ether oxygens (including phenoxy) is 1. The second-order valence-electron chi connectivity index (χ2n) is 3.16. The zero-order valence-electron chi connectivity index (χ0n) is 8.86. The number of hydrogen-bond acceptors (Lipinski definition) is 3. The van der Waals surface area contributed by atoms with Crippen molar-refractivity contribution >= 4 is 5.82 Å². The summed E-state index contributed by atoms with van der Waals surface area (Å²) < 4.78 is 5.42. The maximum atomic E-state index is 5.49. The van der Waals surface area contributed by atoms with Gasteiger partial charge in [0.15, 0.2) is 0 Å². The first-order chi connectivity index (χ1) is 6.84. The second kappa shape index (κ2) is 5.47. The van der Waals surface area contributed by atoms with Crippen LogP contribution in [0.2, 0.25) is 0 Å². The number of pyridine rings is 1. The second-order valence-corrected chi connectivity index (χ2v) is 3.16. The zero-order chi connectivity index (χ0) is 10.4. The Labute approximate surface area is 85.3 Å². The van der Waals surface area contributed by atoms with Gasteiger partial charge in [0.2, 0.25) is 5.88 Å². The van der Waals surface area contributed by atoms with Crippen LogP contribution in [0.4, 0.5) is 5.82 Å². The molecule has 0 amide bonds. The smallest absolute Gasteiger partial charge is 0.215 e. The van der Waals surface area contributed by atoms with E-state index < -0.39 is 0 Å². The molecule has 0 bridgehead atoms. The molecule has 0 unspecified atom stereocenters. The van der Waals surface area contributed by atoms with Crippen LogP contribution in [0.1, 0.15) is 26.7 Å². The first-order valence-corrected chi connectivity index (χ1v) is 5.20. The molecule has 0 aliphatic heterocycles. The van der Waals surface area contributed by atoms with Crippen molar-refractivity contribution < 1.29 is 4.74 Å². The average molecular weight is 194 g/mol. The largest absolute Gasteiger partial charge is 0.477 e. The quantitative estimate of drug-likeness (QED) is 0.804. The molecule has 78 valence electrons. The lowest BCUT2D eigenvalue weighted by atomic mass is 10.4. The van der Waals surface area contributed by atoms with Crippen LogP contribution in [0.15, 0.2) is 18.2 Å². The van der Waals surface area contributed by atoms with Crippen LogP contribution >= 0.6 is 0 Å². The molecule has 1 saturated carbocycles. The molecule has 1 fully saturated rings. The molecule has 14 heavy (non-hydrogen) atoms. The minimum Gasteiger partial charge on any atom is -0.477 e. The van der Waals surface area contributed by atoms with E-state index in [-0.39, 0.29) is 0 Å². The number of anilines is 1. The monoisotopic (exact) mass is 194 g/mol. The van der Waals surface area contributed by atoms with Gasteiger partial charge in [0.05, 0.1) is 6.61 Å². The topological polar surface area (TPSA) is 48.1 Å². The fourth-order valence-corrected chi connectivity index (χ4v) is 0.999. The van der Waals surface area contributed by atoms with Crippen molar-refractivity contribution in [2.75, 3.05) is 12.3 Å². The Balaban J connectivity index is 0.000000461. The van der Waals surface area contributed by atoms with Gasteiger partial charge in [-0.2, -0.15) is 4.98 Å². The number of rotatable bonds is 3. The highest BCUT2D eigenvalue weighted by Crippen LogP contribution is 2.29. The van der Waals surface area contributed by atoms with Crippen molar-refractivity contribution in [2.24, 2.45) is 5.92 Å². The molecule has 0 spiro atoms. The zero-order valence-corrected chi connectivity index (χ0v) is 8.86. The van der Waals surface area contributed by atoms with Gasteiger partial charge in [-0.1, -0.05) is 19.9 Å². The van der Waals surface area contributed by atoms with Gasteiger partial charge in [-0.3, -0.25) is 0 Å². The Bertz CT molecular complexity index is 272. The van der Waals surface area contributed by atoms with E-state index in [9.17, 15) is 0 Å². The summed E-state index contributed by atoms with van der Waals surface area (Å²) in [5.74, 6) is 1.92. The highest BCUT2D eigenvalue weighted by Gasteiger charge is 2.21. The van der Waals surface area contributed by atoms with E-state index in [2.05, 4.69) is 4.98 Å². The molecule has 0 atom stereocenters. The number of aromatic nitrogens is 1. The summed E-state index contributed by atoms with van der Waals surface area (Å²) in [6, 6.07) is 5.44. The molecule has 3 nitrogen and oxygen atoms in total. The molecule has 0 radical (unpaired) electrons. The Morgan fingerprint density at radius 3 is 2.71 bits per heavy atom. The van der Waals surface area contributed by atoms with Crippen LogP contribution in [0, 0.1) is 5.92 Å². The number of nitrogen functional groups attached to an aromatic ring is 1. The van der Waals surface area contributed by atoms with Gasteiger partial charge in [0.1, 0.15) is 5.82 Å². The molecule has 2 N–H and O–H groups in total. The standard InChI is InChI=1S/C9H12N2O.C2H6/c10-8-2-1-3-9(11-8)12-6-7-4-5-7;1-2/h1-3,7H,4-6H2,(H2,10,11);1-2H3. The van der Waals surface area contributed by atoms with Gasteiger partial charge in [-0.05, 0) is 24.8 Å². The molecule has 0 aromatic carbocycles. The third-order valence-electron chi connectivity index (χ3n) is 1.91. The van der Waals surface area contributed by atoms with Gasteiger partial charge >= 0.3 is 0 Å². The molecular formula is C11H18N2O. The average Bonchev–Trinajstić information content (AvgIpc) is 3.02.